The van der Waals surface area contributed by atoms with Gasteiger partial charge in [-0.15, -0.1) is 0 Å². The average molecular weight is 251 g/mol. The first kappa shape index (κ1) is 14.7. The number of aliphatic hydroxyl groups excluding tert-OH is 1. The van der Waals surface area contributed by atoms with Crippen molar-refractivity contribution in [2.24, 2.45) is 0 Å². The van der Waals surface area contributed by atoms with E-state index in [1.54, 1.807) is 24.3 Å². The fraction of sp³-hybridized carbons (Fsp3) is 0.500. The van der Waals surface area contributed by atoms with E-state index in [2.05, 4.69) is 5.32 Å². The number of aliphatic hydroxyl groups is 1. The van der Waals surface area contributed by atoms with Gasteiger partial charge >= 0.3 is 0 Å². The molecule has 2 N–H and O–H groups in total. The Hall–Kier alpha value is -1.39. The fourth-order valence-corrected chi connectivity index (χ4v) is 1.41. The maximum absolute atomic E-state index is 11.1. The number of ketones is 1. The van der Waals surface area contributed by atoms with E-state index in [1.165, 1.54) is 6.92 Å². The largest absolute Gasteiger partial charge is 0.491 e. The Labute approximate surface area is 108 Å². The Morgan fingerprint density at radius 3 is 2.44 bits per heavy atom. The average Bonchev–Trinajstić information content (AvgIpc) is 2.34. The molecule has 0 aromatic heterocycles. The van der Waals surface area contributed by atoms with Gasteiger partial charge in [0.1, 0.15) is 18.5 Å². The molecule has 0 spiro atoms. The molecule has 1 atom stereocenters. The molecule has 1 rings (SSSR count). The summed E-state index contributed by atoms with van der Waals surface area (Å²) in [7, 11) is 0. The molecule has 0 unspecified atom stereocenters. The van der Waals surface area contributed by atoms with Gasteiger partial charge in [0, 0.05) is 18.2 Å². The summed E-state index contributed by atoms with van der Waals surface area (Å²) in [6, 6.07) is 7.25. The van der Waals surface area contributed by atoms with Crippen molar-refractivity contribution in [3.63, 3.8) is 0 Å². The van der Waals surface area contributed by atoms with Crippen LogP contribution in [-0.2, 0) is 0 Å². The van der Waals surface area contributed by atoms with Crippen LogP contribution in [0.1, 0.15) is 31.1 Å². The summed E-state index contributed by atoms with van der Waals surface area (Å²) in [4.78, 5) is 11.1. The Morgan fingerprint density at radius 1 is 1.33 bits per heavy atom. The molecule has 0 bridgehead atoms. The topological polar surface area (TPSA) is 58.6 Å². The molecule has 18 heavy (non-hydrogen) atoms. The van der Waals surface area contributed by atoms with Crippen LogP contribution in [0.3, 0.4) is 0 Å². The minimum Gasteiger partial charge on any atom is -0.491 e. The van der Waals surface area contributed by atoms with E-state index in [1.807, 2.05) is 13.8 Å². The number of hydrogen-bond acceptors (Lipinski definition) is 4. The highest BCUT2D eigenvalue weighted by atomic mass is 16.5. The summed E-state index contributed by atoms with van der Waals surface area (Å²) in [6.45, 7) is 6.31. The van der Waals surface area contributed by atoms with Crippen molar-refractivity contribution in [2.45, 2.75) is 32.9 Å². The number of Topliss-reactive ketones (excluding diaryl/α,β-unsaturated/α-hetero) is 1. The number of benzene rings is 1. The van der Waals surface area contributed by atoms with Crippen molar-refractivity contribution in [2.75, 3.05) is 13.2 Å². The third-order valence-corrected chi connectivity index (χ3v) is 2.46. The van der Waals surface area contributed by atoms with Gasteiger partial charge in [0.2, 0.25) is 0 Å². The molecule has 0 fully saturated rings. The highest BCUT2D eigenvalue weighted by Gasteiger charge is 2.06. The molecule has 1 aromatic carbocycles. The first-order valence-corrected chi connectivity index (χ1v) is 6.14. The predicted octanol–water partition coefficient (Wildman–Crippen LogP) is 1.63. The van der Waals surface area contributed by atoms with Crippen molar-refractivity contribution < 1.29 is 14.6 Å². The van der Waals surface area contributed by atoms with Crippen LogP contribution in [0.5, 0.6) is 5.75 Å². The minimum atomic E-state index is -0.542. The second-order valence-electron chi connectivity index (χ2n) is 4.61. The van der Waals surface area contributed by atoms with Crippen LogP contribution in [0.2, 0.25) is 0 Å². The normalized spacial score (nSPS) is 12.5. The quantitative estimate of drug-likeness (QED) is 0.723. The van der Waals surface area contributed by atoms with Gasteiger partial charge in [0.15, 0.2) is 5.78 Å². The second-order valence-corrected chi connectivity index (χ2v) is 4.61. The highest BCUT2D eigenvalue weighted by molar-refractivity contribution is 5.94. The van der Waals surface area contributed by atoms with Crippen LogP contribution < -0.4 is 10.1 Å². The Balaban J connectivity index is 2.36. The van der Waals surface area contributed by atoms with Gasteiger partial charge in [-0.05, 0) is 31.2 Å². The molecule has 0 heterocycles. The summed E-state index contributed by atoms with van der Waals surface area (Å²) in [5.74, 6) is 0.686. The van der Waals surface area contributed by atoms with Gasteiger partial charge in [-0.3, -0.25) is 4.79 Å². The predicted molar refractivity (Wildman–Crippen MR) is 71.1 cm³/mol. The molecule has 100 valence electrons. The highest BCUT2D eigenvalue weighted by Crippen LogP contribution is 2.12. The summed E-state index contributed by atoms with van der Waals surface area (Å²) < 4.78 is 5.43. The minimum absolute atomic E-state index is 0.0303. The number of hydrogen-bond donors (Lipinski definition) is 2. The summed E-state index contributed by atoms with van der Waals surface area (Å²) in [6.07, 6.45) is -0.542. The van der Waals surface area contributed by atoms with Crippen LogP contribution in [-0.4, -0.2) is 36.2 Å². The van der Waals surface area contributed by atoms with Gasteiger partial charge < -0.3 is 15.2 Å². The zero-order valence-electron chi connectivity index (χ0n) is 11.1. The van der Waals surface area contributed by atoms with Gasteiger partial charge in [-0.25, -0.2) is 0 Å². The standard InChI is InChI=1S/C14H21NO3/c1-10(2)15-8-13(17)9-18-14-6-4-12(5-7-14)11(3)16/h4-7,10,13,15,17H,8-9H2,1-3H3/t13-/m0/s1. The number of carbonyl (C=O) groups is 1. The molecular weight excluding hydrogens is 230 g/mol. The molecular formula is C14H21NO3. The molecule has 0 saturated heterocycles. The molecule has 0 saturated carbocycles. The van der Waals surface area contributed by atoms with E-state index in [-0.39, 0.29) is 12.4 Å². The van der Waals surface area contributed by atoms with Gasteiger partial charge in [-0.2, -0.15) is 0 Å². The lowest BCUT2D eigenvalue weighted by atomic mass is 10.1. The van der Waals surface area contributed by atoms with Crippen LogP contribution in [0.15, 0.2) is 24.3 Å². The number of carbonyl (C=O) groups excluding carboxylic acids is 1. The first-order chi connectivity index (χ1) is 8.49. The lowest BCUT2D eigenvalue weighted by molar-refractivity contribution is 0.101. The Bertz CT molecular complexity index is 373. The third-order valence-electron chi connectivity index (χ3n) is 2.46. The molecule has 0 aliphatic carbocycles. The monoisotopic (exact) mass is 251 g/mol. The van der Waals surface area contributed by atoms with E-state index in [9.17, 15) is 9.90 Å². The number of rotatable bonds is 7. The Kier molecular flexibility index (Phi) is 5.82. The fourth-order valence-electron chi connectivity index (χ4n) is 1.41. The third kappa shape index (κ3) is 5.29. The lowest BCUT2D eigenvalue weighted by Gasteiger charge is -2.15. The maximum atomic E-state index is 11.1. The van der Waals surface area contributed by atoms with Crippen molar-refractivity contribution in [3.8, 4) is 5.75 Å². The van der Waals surface area contributed by atoms with Crippen LogP contribution in [0.4, 0.5) is 0 Å². The van der Waals surface area contributed by atoms with E-state index >= 15 is 0 Å². The summed E-state index contributed by atoms with van der Waals surface area (Å²) >= 11 is 0. The second kappa shape index (κ2) is 7.13. The van der Waals surface area contributed by atoms with Gasteiger partial charge in [-0.1, -0.05) is 13.8 Å². The SMILES string of the molecule is CC(=O)c1ccc(OC[C@@H](O)CNC(C)C)cc1. The molecule has 0 radical (unpaired) electrons. The van der Waals surface area contributed by atoms with E-state index < -0.39 is 6.10 Å². The van der Waals surface area contributed by atoms with Gasteiger partial charge in [0.05, 0.1) is 0 Å². The summed E-state index contributed by atoms with van der Waals surface area (Å²) in [5.41, 5.74) is 0.657. The number of nitrogens with one attached hydrogen (secondary N) is 1. The maximum Gasteiger partial charge on any atom is 0.159 e. The molecule has 0 aliphatic rings. The molecule has 0 aliphatic heterocycles. The zero-order valence-corrected chi connectivity index (χ0v) is 11.1. The van der Waals surface area contributed by atoms with E-state index in [0.717, 1.165) is 0 Å². The van der Waals surface area contributed by atoms with Crippen LogP contribution >= 0.6 is 0 Å². The van der Waals surface area contributed by atoms with Gasteiger partial charge in [0.25, 0.3) is 0 Å². The van der Waals surface area contributed by atoms with Crippen LogP contribution in [0.25, 0.3) is 0 Å². The van der Waals surface area contributed by atoms with Crippen molar-refractivity contribution in [1.29, 1.82) is 0 Å². The zero-order chi connectivity index (χ0) is 13.5. The molecule has 4 nitrogen and oxygen atoms in total. The molecule has 1 aromatic rings. The van der Waals surface area contributed by atoms with Crippen molar-refractivity contribution >= 4 is 5.78 Å². The molecule has 0 amide bonds. The smallest absolute Gasteiger partial charge is 0.159 e. The van der Waals surface area contributed by atoms with E-state index in [4.69, 9.17) is 4.74 Å². The Morgan fingerprint density at radius 2 is 1.94 bits per heavy atom. The van der Waals surface area contributed by atoms with E-state index in [0.29, 0.717) is 23.9 Å². The van der Waals surface area contributed by atoms with Crippen LogP contribution in [0, 0.1) is 0 Å². The summed E-state index contributed by atoms with van der Waals surface area (Å²) in [5, 5.41) is 12.8. The number of ether oxygens (including phenoxy) is 1. The van der Waals surface area contributed by atoms with Crippen molar-refractivity contribution in [3.05, 3.63) is 29.8 Å². The van der Waals surface area contributed by atoms with Crippen molar-refractivity contribution in [1.82, 2.24) is 5.32 Å². The lowest BCUT2D eigenvalue weighted by Crippen LogP contribution is -2.35. The molecule has 4 heteroatoms. The first-order valence-electron chi connectivity index (χ1n) is 6.14.